The zero-order valence-electron chi connectivity index (χ0n) is 22.7. The number of likely N-dealkylation sites (tertiary alicyclic amines) is 1. The first-order valence-electron chi connectivity index (χ1n) is 13.6. The number of phenolic OH excluding ortho intramolecular Hbond substituents is 1. The molecule has 220 valence electrons. The fourth-order valence-corrected chi connectivity index (χ4v) is 6.68. The van der Waals surface area contributed by atoms with Gasteiger partial charge in [-0.15, -0.1) is 0 Å². The van der Waals surface area contributed by atoms with Crippen molar-refractivity contribution in [2.45, 2.75) is 57.2 Å². The molecule has 2 amide bonds. The molecule has 41 heavy (non-hydrogen) atoms. The number of amides is 2. The van der Waals surface area contributed by atoms with Crippen LogP contribution in [-0.4, -0.2) is 86.0 Å². The molecular weight excluding hydrogens is 539 g/mol. The number of phenols is 1. The van der Waals surface area contributed by atoms with E-state index in [0.717, 1.165) is 32.0 Å². The average molecular weight is 573 g/mol. The predicted octanol–water partition coefficient (Wildman–Crippen LogP) is 0.574. The van der Waals surface area contributed by atoms with Gasteiger partial charge in [-0.05, 0) is 44.7 Å². The number of rotatable bonds is 6. The number of fused-ring (bicyclic) bond motifs is 3. The lowest BCUT2D eigenvalue weighted by Gasteiger charge is -2.49. The molecule has 8 N–H and O–H groups in total. The maximum absolute atomic E-state index is 15.4. The number of carbonyl (C=O) groups excluding carboxylic acids is 4. The van der Waals surface area contributed by atoms with Crippen molar-refractivity contribution >= 4 is 34.8 Å². The standard InChI is InChI=1S/C28H33FN4O8/c1-11(2)31-21-14-8-12-7-13-15(29)9-16(32-17(34)10-33-5-3-4-6-33)22(35)19(13)23(36)18(12)25(38)28(14,41)26(39)20(24(21)37)27(30)40/h9,11-12,14,21,31,35-36,39,41H,3-8,10H2,1-2H3,(H2,30,40)(H,32,34)/t12-,14-,21-,28-/m0/s1. The fraction of sp³-hybridized carbons (Fsp3) is 0.500. The lowest BCUT2D eigenvalue weighted by molar-refractivity contribution is -0.150. The first-order chi connectivity index (χ1) is 19.3. The second-order valence-corrected chi connectivity index (χ2v) is 11.5. The van der Waals surface area contributed by atoms with Gasteiger partial charge < -0.3 is 36.8 Å². The molecule has 0 aromatic heterocycles. The van der Waals surface area contributed by atoms with E-state index in [1.165, 1.54) is 0 Å². The number of hydrogen-bond donors (Lipinski definition) is 7. The topological polar surface area (TPSA) is 203 Å². The summed E-state index contributed by atoms with van der Waals surface area (Å²) in [5.41, 5.74) is 0.347. The summed E-state index contributed by atoms with van der Waals surface area (Å²) < 4.78 is 15.4. The van der Waals surface area contributed by atoms with E-state index in [1.807, 2.05) is 4.90 Å². The number of aliphatic hydroxyl groups excluding tert-OH is 2. The number of primary amides is 1. The van der Waals surface area contributed by atoms with Crippen LogP contribution in [0.5, 0.6) is 5.75 Å². The third-order valence-electron chi connectivity index (χ3n) is 8.50. The van der Waals surface area contributed by atoms with Crippen LogP contribution in [0.3, 0.4) is 0 Å². The Hall–Kier alpha value is -3.81. The maximum Gasteiger partial charge on any atom is 0.255 e. The first-order valence-corrected chi connectivity index (χ1v) is 13.6. The minimum atomic E-state index is -2.81. The van der Waals surface area contributed by atoms with Crippen LogP contribution in [0.2, 0.25) is 0 Å². The van der Waals surface area contributed by atoms with Crippen molar-refractivity contribution in [3.05, 3.63) is 39.9 Å². The Labute approximate surface area is 234 Å². The van der Waals surface area contributed by atoms with E-state index in [0.29, 0.717) is 0 Å². The van der Waals surface area contributed by atoms with Crippen molar-refractivity contribution in [1.29, 1.82) is 0 Å². The van der Waals surface area contributed by atoms with Crippen LogP contribution in [0.1, 0.15) is 44.2 Å². The van der Waals surface area contributed by atoms with Gasteiger partial charge in [0, 0.05) is 29.2 Å². The molecule has 5 rings (SSSR count). The number of carbonyl (C=O) groups is 4. The van der Waals surface area contributed by atoms with Crippen LogP contribution in [0, 0.1) is 17.7 Å². The van der Waals surface area contributed by atoms with Crippen molar-refractivity contribution < 1.29 is 44.0 Å². The molecule has 0 radical (unpaired) electrons. The zero-order chi connectivity index (χ0) is 30.0. The van der Waals surface area contributed by atoms with Crippen molar-refractivity contribution in [2.75, 3.05) is 25.0 Å². The number of anilines is 1. The Morgan fingerprint density at radius 3 is 2.46 bits per heavy atom. The number of aromatic hydroxyl groups is 1. The van der Waals surface area contributed by atoms with E-state index >= 15 is 4.39 Å². The monoisotopic (exact) mass is 572 g/mol. The number of nitrogens with one attached hydrogen (secondary N) is 2. The molecule has 0 spiro atoms. The van der Waals surface area contributed by atoms with E-state index in [9.17, 15) is 39.6 Å². The first kappa shape index (κ1) is 28.7. The summed E-state index contributed by atoms with van der Waals surface area (Å²) in [7, 11) is 0. The van der Waals surface area contributed by atoms with Crippen molar-refractivity contribution in [1.82, 2.24) is 10.2 Å². The van der Waals surface area contributed by atoms with E-state index < -0.39 is 86.7 Å². The van der Waals surface area contributed by atoms with Gasteiger partial charge in [0.05, 0.1) is 23.8 Å². The Balaban J connectivity index is 1.59. The number of Topliss-reactive ketones (excluding diaryl/α,β-unsaturated/α-hetero) is 2. The summed E-state index contributed by atoms with van der Waals surface area (Å²) in [6.07, 6.45) is 1.54. The van der Waals surface area contributed by atoms with Crippen LogP contribution < -0.4 is 16.4 Å². The van der Waals surface area contributed by atoms with Crippen molar-refractivity contribution in [3.63, 3.8) is 0 Å². The summed E-state index contributed by atoms with van der Waals surface area (Å²) in [5.74, 6) is -9.69. The lowest BCUT2D eigenvalue weighted by Crippen LogP contribution is -2.66. The number of benzene rings is 1. The van der Waals surface area contributed by atoms with Gasteiger partial charge in [0.2, 0.25) is 11.7 Å². The SMILES string of the molecule is CC(C)N[C@@H]1C(=O)C(C(N)=O)=C(O)[C@@]2(O)C(=O)C3=C(O)c4c(O)c(NC(=O)CN5CCCC5)cc(F)c4C[C@H]3C[C@@H]12. The highest BCUT2D eigenvalue weighted by molar-refractivity contribution is 6.24. The molecule has 2 fully saturated rings. The molecule has 0 unspecified atom stereocenters. The third-order valence-corrected chi connectivity index (χ3v) is 8.50. The highest BCUT2D eigenvalue weighted by Crippen LogP contribution is 2.53. The van der Waals surface area contributed by atoms with Gasteiger partial charge in [0.1, 0.15) is 22.9 Å². The summed E-state index contributed by atoms with van der Waals surface area (Å²) in [5, 5.41) is 50.3. The summed E-state index contributed by atoms with van der Waals surface area (Å²) >= 11 is 0. The van der Waals surface area contributed by atoms with Crippen LogP contribution in [-0.2, 0) is 25.6 Å². The van der Waals surface area contributed by atoms with E-state index in [-0.39, 0.29) is 36.7 Å². The molecule has 1 aromatic rings. The molecule has 12 nitrogen and oxygen atoms in total. The molecule has 3 aliphatic carbocycles. The van der Waals surface area contributed by atoms with Gasteiger partial charge in [-0.1, -0.05) is 13.8 Å². The minimum Gasteiger partial charge on any atom is -0.508 e. The molecule has 1 aliphatic heterocycles. The molecule has 1 heterocycles. The van der Waals surface area contributed by atoms with Crippen LogP contribution in [0.4, 0.5) is 10.1 Å². The number of aliphatic hydroxyl groups is 3. The molecule has 4 atom stereocenters. The molecule has 13 heteroatoms. The number of hydrogen-bond acceptors (Lipinski definition) is 10. The fourth-order valence-electron chi connectivity index (χ4n) is 6.68. The van der Waals surface area contributed by atoms with Crippen molar-refractivity contribution in [2.24, 2.45) is 17.6 Å². The van der Waals surface area contributed by atoms with Crippen molar-refractivity contribution in [3.8, 4) is 5.75 Å². The number of nitrogens with zero attached hydrogens (tertiary/aromatic N) is 1. The van der Waals surface area contributed by atoms with Gasteiger partial charge in [0.15, 0.2) is 17.1 Å². The normalized spacial score (nSPS) is 28.1. The maximum atomic E-state index is 15.4. The van der Waals surface area contributed by atoms with Gasteiger partial charge in [0.25, 0.3) is 5.91 Å². The van der Waals surface area contributed by atoms with Gasteiger partial charge >= 0.3 is 0 Å². The van der Waals surface area contributed by atoms with E-state index in [4.69, 9.17) is 5.73 Å². The average Bonchev–Trinajstić information content (AvgIpc) is 3.39. The predicted molar refractivity (Wildman–Crippen MR) is 143 cm³/mol. The zero-order valence-corrected chi connectivity index (χ0v) is 22.7. The largest absolute Gasteiger partial charge is 0.508 e. The van der Waals surface area contributed by atoms with Crippen LogP contribution in [0.25, 0.3) is 5.76 Å². The highest BCUT2D eigenvalue weighted by Gasteiger charge is 2.63. The van der Waals surface area contributed by atoms with E-state index in [2.05, 4.69) is 10.6 Å². The molecular formula is C28H33FN4O8. The molecule has 1 saturated carbocycles. The van der Waals surface area contributed by atoms with E-state index in [1.54, 1.807) is 13.8 Å². The second kappa shape index (κ2) is 10.2. The Kier molecular flexibility index (Phi) is 7.16. The summed E-state index contributed by atoms with van der Waals surface area (Å²) in [6, 6.07) is -0.696. The molecule has 0 bridgehead atoms. The summed E-state index contributed by atoms with van der Waals surface area (Å²) in [6.45, 7) is 4.89. The van der Waals surface area contributed by atoms with Gasteiger partial charge in [-0.25, -0.2) is 4.39 Å². The lowest BCUT2D eigenvalue weighted by atomic mass is 9.57. The Morgan fingerprint density at radius 1 is 1.20 bits per heavy atom. The number of ketones is 2. The van der Waals surface area contributed by atoms with Gasteiger partial charge in [-0.2, -0.15) is 0 Å². The number of halogens is 1. The quantitative estimate of drug-likeness (QED) is 0.187. The molecule has 1 aromatic carbocycles. The Morgan fingerprint density at radius 2 is 1.85 bits per heavy atom. The smallest absolute Gasteiger partial charge is 0.255 e. The Bertz CT molecular complexity index is 1430. The highest BCUT2D eigenvalue weighted by atomic mass is 19.1. The summed E-state index contributed by atoms with van der Waals surface area (Å²) in [4.78, 5) is 53.7. The van der Waals surface area contributed by atoms with Crippen LogP contribution >= 0.6 is 0 Å². The third kappa shape index (κ3) is 4.48. The molecule has 1 saturated heterocycles. The minimum absolute atomic E-state index is 0.0261. The van der Waals surface area contributed by atoms with Crippen LogP contribution in [0.15, 0.2) is 23.0 Å². The number of nitrogens with two attached hydrogens (primary N) is 1. The molecule has 4 aliphatic rings. The second-order valence-electron chi connectivity index (χ2n) is 11.5. The van der Waals surface area contributed by atoms with Gasteiger partial charge in [-0.3, -0.25) is 24.1 Å².